The van der Waals surface area contributed by atoms with Gasteiger partial charge in [-0.25, -0.2) is 4.39 Å². The predicted molar refractivity (Wildman–Crippen MR) is 70.5 cm³/mol. The number of carbonyl (C=O) groups excluding carboxylic acids is 1. The van der Waals surface area contributed by atoms with Crippen molar-refractivity contribution in [2.75, 3.05) is 0 Å². The molecule has 1 amide bonds. The number of hydrogen-bond acceptors (Lipinski definition) is 3. The molecule has 0 radical (unpaired) electrons. The lowest BCUT2D eigenvalue weighted by Gasteiger charge is -2.07. The molecule has 3 aromatic rings. The standard InChI is InChI=1S/C13H7ClFN3O/c14-10-7(13(16)19)5-18-12-9(10)8(15)4-6-2-1-3-17-11(6)12/h1-5H,(H2,16,19). The number of amides is 1. The number of hydrogen-bond donors (Lipinski definition) is 1. The Hall–Kier alpha value is -2.27. The molecule has 19 heavy (non-hydrogen) atoms. The minimum atomic E-state index is -0.750. The highest BCUT2D eigenvalue weighted by atomic mass is 35.5. The van der Waals surface area contributed by atoms with Gasteiger partial charge in [-0.15, -0.1) is 0 Å². The van der Waals surface area contributed by atoms with Crippen LogP contribution in [-0.4, -0.2) is 15.9 Å². The molecule has 0 aliphatic rings. The van der Waals surface area contributed by atoms with Crippen LogP contribution in [0, 0.1) is 5.82 Å². The smallest absolute Gasteiger partial charge is 0.251 e. The van der Waals surface area contributed by atoms with E-state index >= 15 is 0 Å². The summed E-state index contributed by atoms with van der Waals surface area (Å²) >= 11 is 6.03. The third-order valence-corrected chi connectivity index (χ3v) is 3.26. The second-order valence-electron chi connectivity index (χ2n) is 4.01. The van der Waals surface area contributed by atoms with Crippen LogP contribution in [0.5, 0.6) is 0 Å². The highest BCUT2D eigenvalue weighted by molar-refractivity contribution is 6.39. The van der Waals surface area contributed by atoms with Crippen LogP contribution in [0.25, 0.3) is 21.8 Å². The molecule has 0 unspecified atom stereocenters. The third kappa shape index (κ3) is 1.70. The number of benzene rings is 1. The van der Waals surface area contributed by atoms with Crippen molar-refractivity contribution in [3.05, 3.63) is 47.0 Å². The van der Waals surface area contributed by atoms with Gasteiger partial charge in [-0.1, -0.05) is 17.7 Å². The van der Waals surface area contributed by atoms with Gasteiger partial charge in [-0.05, 0) is 12.1 Å². The molecule has 0 spiro atoms. The zero-order valence-corrected chi connectivity index (χ0v) is 10.3. The Morgan fingerprint density at radius 1 is 1.32 bits per heavy atom. The van der Waals surface area contributed by atoms with Crippen molar-refractivity contribution >= 4 is 39.3 Å². The zero-order chi connectivity index (χ0) is 13.6. The van der Waals surface area contributed by atoms with E-state index in [1.807, 2.05) is 0 Å². The van der Waals surface area contributed by atoms with E-state index < -0.39 is 11.7 Å². The van der Waals surface area contributed by atoms with Gasteiger partial charge in [0.05, 0.1) is 21.5 Å². The van der Waals surface area contributed by atoms with E-state index in [4.69, 9.17) is 17.3 Å². The largest absolute Gasteiger partial charge is 0.366 e. The van der Waals surface area contributed by atoms with Crippen LogP contribution in [-0.2, 0) is 0 Å². The lowest BCUT2D eigenvalue weighted by atomic mass is 10.1. The van der Waals surface area contributed by atoms with Gasteiger partial charge in [0, 0.05) is 17.8 Å². The van der Waals surface area contributed by atoms with Gasteiger partial charge >= 0.3 is 0 Å². The monoisotopic (exact) mass is 275 g/mol. The summed E-state index contributed by atoms with van der Waals surface area (Å²) in [6.45, 7) is 0. The Morgan fingerprint density at radius 2 is 2.11 bits per heavy atom. The molecule has 2 N–H and O–H groups in total. The van der Waals surface area contributed by atoms with Crippen LogP contribution in [0.3, 0.4) is 0 Å². The lowest BCUT2D eigenvalue weighted by molar-refractivity contribution is 0.100. The van der Waals surface area contributed by atoms with E-state index in [1.54, 1.807) is 18.3 Å². The maximum atomic E-state index is 14.1. The number of fused-ring (bicyclic) bond motifs is 3. The Kier molecular flexibility index (Phi) is 2.57. The first-order valence-electron chi connectivity index (χ1n) is 5.41. The second kappa shape index (κ2) is 4.13. The maximum Gasteiger partial charge on any atom is 0.251 e. The summed E-state index contributed by atoms with van der Waals surface area (Å²) in [5.74, 6) is -1.31. The van der Waals surface area contributed by atoms with E-state index in [0.29, 0.717) is 16.4 Å². The molecule has 0 bridgehead atoms. The highest BCUT2D eigenvalue weighted by Gasteiger charge is 2.17. The number of halogens is 2. The van der Waals surface area contributed by atoms with Crippen molar-refractivity contribution in [2.45, 2.75) is 0 Å². The molecule has 4 nitrogen and oxygen atoms in total. The molecule has 0 saturated carbocycles. The number of carbonyl (C=O) groups is 1. The predicted octanol–water partition coefficient (Wildman–Crippen LogP) is 2.67. The minimum absolute atomic E-state index is 0.0108. The number of aromatic nitrogens is 2. The van der Waals surface area contributed by atoms with Crippen LogP contribution in [0.4, 0.5) is 4.39 Å². The normalized spacial score (nSPS) is 11.1. The molecular weight excluding hydrogens is 269 g/mol. The van der Waals surface area contributed by atoms with Gasteiger partial charge in [0.15, 0.2) is 0 Å². The molecule has 94 valence electrons. The fraction of sp³-hybridized carbons (Fsp3) is 0. The molecule has 2 heterocycles. The third-order valence-electron chi connectivity index (χ3n) is 2.87. The fourth-order valence-electron chi connectivity index (χ4n) is 2.00. The molecule has 0 aliphatic carbocycles. The Balaban J connectivity index is 2.55. The Labute approximate surface area is 112 Å². The summed E-state index contributed by atoms with van der Waals surface area (Å²) in [5.41, 5.74) is 5.99. The quantitative estimate of drug-likeness (QED) is 0.694. The van der Waals surface area contributed by atoms with Gasteiger partial charge in [0.25, 0.3) is 5.91 Å². The number of rotatable bonds is 1. The first-order valence-corrected chi connectivity index (χ1v) is 5.78. The summed E-state index contributed by atoms with van der Waals surface area (Å²) in [5, 5.41) is 0.634. The second-order valence-corrected chi connectivity index (χ2v) is 4.39. The Bertz CT molecular complexity index is 835. The number of nitrogens with zero attached hydrogens (tertiary/aromatic N) is 2. The fourth-order valence-corrected chi connectivity index (χ4v) is 2.32. The van der Waals surface area contributed by atoms with Crippen molar-refractivity contribution < 1.29 is 9.18 Å². The summed E-state index contributed by atoms with van der Waals surface area (Å²) in [6, 6.07) is 4.73. The molecule has 0 saturated heterocycles. The van der Waals surface area contributed by atoms with Crippen LogP contribution < -0.4 is 5.73 Å². The SMILES string of the molecule is NC(=O)c1cnc2c(c(F)cc3cccnc32)c1Cl. The summed E-state index contributed by atoms with van der Waals surface area (Å²) in [4.78, 5) is 19.4. The van der Waals surface area contributed by atoms with E-state index in [9.17, 15) is 9.18 Å². The molecule has 0 atom stereocenters. The van der Waals surface area contributed by atoms with Crippen molar-refractivity contribution in [3.63, 3.8) is 0 Å². The zero-order valence-electron chi connectivity index (χ0n) is 9.52. The summed E-state index contributed by atoms with van der Waals surface area (Å²) < 4.78 is 14.1. The lowest BCUT2D eigenvalue weighted by Crippen LogP contribution is -2.12. The number of primary amides is 1. The van der Waals surface area contributed by atoms with Crippen molar-refractivity contribution in [3.8, 4) is 0 Å². The molecule has 2 aromatic heterocycles. The van der Waals surface area contributed by atoms with Crippen LogP contribution in [0.2, 0.25) is 5.02 Å². The van der Waals surface area contributed by atoms with E-state index in [0.717, 1.165) is 0 Å². The average Bonchev–Trinajstić information content (AvgIpc) is 2.38. The van der Waals surface area contributed by atoms with Crippen LogP contribution in [0.1, 0.15) is 10.4 Å². The number of pyridine rings is 2. The molecule has 1 aromatic carbocycles. The van der Waals surface area contributed by atoms with Crippen molar-refractivity contribution in [1.82, 2.24) is 9.97 Å². The highest BCUT2D eigenvalue weighted by Crippen LogP contribution is 2.32. The van der Waals surface area contributed by atoms with Crippen molar-refractivity contribution in [2.24, 2.45) is 5.73 Å². The molecule has 6 heteroatoms. The van der Waals surface area contributed by atoms with Gasteiger partial charge in [-0.2, -0.15) is 0 Å². The maximum absolute atomic E-state index is 14.1. The summed E-state index contributed by atoms with van der Waals surface area (Å²) in [7, 11) is 0. The number of nitrogens with two attached hydrogens (primary N) is 1. The van der Waals surface area contributed by atoms with Gasteiger partial charge in [0.2, 0.25) is 0 Å². The van der Waals surface area contributed by atoms with E-state index in [1.165, 1.54) is 12.3 Å². The summed E-state index contributed by atoms with van der Waals surface area (Å²) in [6.07, 6.45) is 2.82. The van der Waals surface area contributed by atoms with Crippen molar-refractivity contribution in [1.29, 1.82) is 0 Å². The van der Waals surface area contributed by atoms with Gasteiger partial charge in [-0.3, -0.25) is 14.8 Å². The van der Waals surface area contributed by atoms with Crippen LogP contribution in [0.15, 0.2) is 30.6 Å². The minimum Gasteiger partial charge on any atom is -0.366 e. The Morgan fingerprint density at radius 3 is 2.84 bits per heavy atom. The molecule has 3 rings (SSSR count). The van der Waals surface area contributed by atoms with E-state index in [2.05, 4.69) is 9.97 Å². The first kappa shape index (κ1) is 11.8. The average molecular weight is 276 g/mol. The van der Waals surface area contributed by atoms with E-state index in [-0.39, 0.29) is 16.0 Å². The van der Waals surface area contributed by atoms with Crippen LogP contribution >= 0.6 is 11.6 Å². The first-order chi connectivity index (χ1) is 9.09. The molecule has 0 aliphatic heterocycles. The van der Waals surface area contributed by atoms with Gasteiger partial charge in [0.1, 0.15) is 11.3 Å². The topological polar surface area (TPSA) is 68.9 Å². The van der Waals surface area contributed by atoms with Gasteiger partial charge < -0.3 is 5.73 Å². The molecular formula is C13H7ClFN3O. The molecule has 0 fully saturated rings.